The lowest BCUT2D eigenvalue weighted by Gasteiger charge is -2.14. The molecule has 3 nitrogen and oxygen atoms in total. The molecule has 108 valence electrons. The van der Waals surface area contributed by atoms with E-state index in [-0.39, 0.29) is 0 Å². The predicted molar refractivity (Wildman–Crippen MR) is 79.6 cm³/mol. The van der Waals surface area contributed by atoms with Crippen LogP contribution in [0, 0.1) is 0 Å². The van der Waals surface area contributed by atoms with Gasteiger partial charge >= 0.3 is 0 Å². The van der Waals surface area contributed by atoms with Gasteiger partial charge in [-0.05, 0) is 50.4 Å². The fraction of sp³-hybridized carbons (Fsp3) is 0.625. The number of ether oxygens (including phenoxy) is 1. The van der Waals surface area contributed by atoms with Gasteiger partial charge in [0.2, 0.25) is 0 Å². The van der Waals surface area contributed by atoms with Crippen molar-refractivity contribution in [1.29, 1.82) is 0 Å². The zero-order chi connectivity index (χ0) is 13.9. The van der Waals surface area contributed by atoms with Crippen LogP contribution in [0.15, 0.2) is 24.3 Å². The van der Waals surface area contributed by atoms with Crippen molar-refractivity contribution < 1.29 is 9.84 Å². The van der Waals surface area contributed by atoms with Crippen LogP contribution in [0.4, 0.5) is 0 Å². The van der Waals surface area contributed by atoms with E-state index in [1.165, 1.54) is 5.56 Å². The Morgan fingerprint density at radius 1 is 1.21 bits per heavy atom. The summed E-state index contributed by atoms with van der Waals surface area (Å²) in [5.74, 6) is 0.949. The molecule has 0 bridgehead atoms. The molecule has 0 radical (unpaired) electrons. The van der Waals surface area contributed by atoms with Crippen molar-refractivity contribution in [3.8, 4) is 5.75 Å². The Morgan fingerprint density at radius 3 is 2.74 bits per heavy atom. The highest BCUT2D eigenvalue weighted by atomic mass is 16.5. The molecule has 0 amide bonds. The molecule has 1 aromatic carbocycles. The summed E-state index contributed by atoms with van der Waals surface area (Å²) >= 11 is 0. The normalized spacial score (nSPS) is 12.4. The van der Waals surface area contributed by atoms with Crippen molar-refractivity contribution in [3.63, 3.8) is 0 Å². The highest BCUT2D eigenvalue weighted by Crippen LogP contribution is 2.19. The molecule has 1 aromatic rings. The number of nitrogens with one attached hydrogen (secondary N) is 1. The van der Waals surface area contributed by atoms with Crippen LogP contribution in [0.1, 0.15) is 51.1 Å². The summed E-state index contributed by atoms with van der Waals surface area (Å²) in [7, 11) is 0. The summed E-state index contributed by atoms with van der Waals surface area (Å²) in [6.45, 7) is 6.30. The van der Waals surface area contributed by atoms with Crippen molar-refractivity contribution >= 4 is 0 Å². The fourth-order valence-corrected chi connectivity index (χ4v) is 2.06. The molecular weight excluding hydrogens is 238 g/mol. The number of benzene rings is 1. The molecule has 0 aliphatic carbocycles. The van der Waals surface area contributed by atoms with Crippen LogP contribution >= 0.6 is 0 Å². The topological polar surface area (TPSA) is 41.5 Å². The van der Waals surface area contributed by atoms with Gasteiger partial charge in [0.05, 0.1) is 6.61 Å². The van der Waals surface area contributed by atoms with Gasteiger partial charge in [0.15, 0.2) is 0 Å². The average molecular weight is 265 g/mol. The second-order valence-electron chi connectivity index (χ2n) is 4.84. The Kier molecular flexibility index (Phi) is 8.26. The van der Waals surface area contributed by atoms with E-state index in [1.807, 2.05) is 12.1 Å². The minimum Gasteiger partial charge on any atom is -0.494 e. The minimum atomic E-state index is 0.297. The molecule has 0 saturated carbocycles. The quantitative estimate of drug-likeness (QED) is 0.638. The summed E-state index contributed by atoms with van der Waals surface area (Å²) in [4.78, 5) is 0. The molecule has 1 rings (SSSR count). The fourth-order valence-electron chi connectivity index (χ4n) is 2.06. The van der Waals surface area contributed by atoms with Crippen LogP contribution < -0.4 is 10.1 Å². The first-order chi connectivity index (χ1) is 9.27. The Balaban J connectivity index is 2.31. The number of aliphatic hydroxyl groups is 1. The molecule has 0 fully saturated rings. The SMILES string of the molecule is CCNC(C)c1cccc(OCCCCCCO)c1. The molecule has 19 heavy (non-hydrogen) atoms. The van der Waals surface area contributed by atoms with Crippen LogP contribution in [0.5, 0.6) is 5.75 Å². The molecule has 3 heteroatoms. The van der Waals surface area contributed by atoms with Crippen molar-refractivity contribution in [3.05, 3.63) is 29.8 Å². The first-order valence-electron chi connectivity index (χ1n) is 7.35. The third kappa shape index (κ3) is 6.60. The van der Waals surface area contributed by atoms with Crippen LogP contribution in [0.2, 0.25) is 0 Å². The van der Waals surface area contributed by atoms with Gasteiger partial charge in [-0.15, -0.1) is 0 Å². The largest absolute Gasteiger partial charge is 0.494 e. The Bertz CT molecular complexity index is 341. The minimum absolute atomic E-state index is 0.297. The number of unbranched alkanes of at least 4 members (excludes halogenated alkanes) is 3. The van der Waals surface area contributed by atoms with Crippen molar-refractivity contribution in [2.75, 3.05) is 19.8 Å². The Morgan fingerprint density at radius 2 is 2.00 bits per heavy atom. The third-order valence-electron chi connectivity index (χ3n) is 3.19. The molecule has 0 saturated heterocycles. The molecule has 0 heterocycles. The molecule has 0 aliphatic rings. The maximum Gasteiger partial charge on any atom is 0.119 e. The van der Waals surface area contributed by atoms with Gasteiger partial charge < -0.3 is 15.2 Å². The maximum absolute atomic E-state index is 8.69. The zero-order valence-corrected chi connectivity index (χ0v) is 12.2. The first-order valence-corrected chi connectivity index (χ1v) is 7.35. The third-order valence-corrected chi connectivity index (χ3v) is 3.19. The number of aliphatic hydroxyl groups excluding tert-OH is 1. The molecule has 0 spiro atoms. The number of rotatable bonds is 10. The maximum atomic E-state index is 8.69. The zero-order valence-electron chi connectivity index (χ0n) is 12.2. The van der Waals surface area contributed by atoms with Crippen LogP contribution in [0.25, 0.3) is 0 Å². The van der Waals surface area contributed by atoms with E-state index in [1.54, 1.807) is 0 Å². The van der Waals surface area contributed by atoms with Gasteiger partial charge in [-0.1, -0.05) is 25.5 Å². The van der Waals surface area contributed by atoms with Gasteiger partial charge in [0.1, 0.15) is 5.75 Å². The molecule has 1 unspecified atom stereocenters. The Labute approximate surface area is 117 Å². The summed E-state index contributed by atoms with van der Waals surface area (Å²) in [6.07, 6.45) is 4.15. The monoisotopic (exact) mass is 265 g/mol. The van der Waals surface area contributed by atoms with Crippen molar-refractivity contribution in [2.45, 2.75) is 45.6 Å². The lowest BCUT2D eigenvalue weighted by Crippen LogP contribution is -2.17. The molecule has 0 aliphatic heterocycles. The van der Waals surface area contributed by atoms with E-state index < -0.39 is 0 Å². The summed E-state index contributed by atoms with van der Waals surface area (Å²) in [5.41, 5.74) is 1.26. The van der Waals surface area contributed by atoms with Crippen LogP contribution in [-0.2, 0) is 0 Å². The summed E-state index contributed by atoms with van der Waals surface area (Å²) in [5, 5.41) is 12.1. The smallest absolute Gasteiger partial charge is 0.119 e. The number of hydrogen-bond acceptors (Lipinski definition) is 3. The van der Waals surface area contributed by atoms with E-state index in [0.717, 1.165) is 44.6 Å². The molecule has 1 atom stereocenters. The van der Waals surface area contributed by atoms with E-state index in [2.05, 4.69) is 31.3 Å². The molecule has 2 N–H and O–H groups in total. The predicted octanol–water partition coefficient (Wildman–Crippen LogP) is 3.29. The van der Waals surface area contributed by atoms with Crippen molar-refractivity contribution in [1.82, 2.24) is 5.32 Å². The van der Waals surface area contributed by atoms with Crippen molar-refractivity contribution in [2.24, 2.45) is 0 Å². The first kappa shape index (κ1) is 16.0. The summed E-state index contributed by atoms with van der Waals surface area (Å²) < 4.78 is 5.76. The molecule has 0 aromatic heterocycles. The van der Waals surface area contributed by atoms with E-state index in [9.17, 15) is 0 Å². The standard InChI is InChI=1S/C16H27NO2/c1-3-17-14(2)15-9-8-10-16(13-15)19-12-7-5-4-6-11-18/h8-10,13-14,17-18H,3-7,11-12H2,1-2H3. The summed E-state index contributed by atoms with van der Waals surface area (Å²) in [6, 6.07) is 8.65. The lowest BCUT2D eigenvalue weighted by atomic mass is 10.1. The average Bonchev–Trinajstić information content (AvgIpc) is 2.43. The van der Waals surface area contributed by atoms with Gasteiger partial charge in [-0.2, -0.15) is 0 Å². The van der Waals surface area contributed by atoms with Gasteiger partial charge in [-0.3, -0.25) is 0 Å². The second-order valence-corrected chi connectivity index (χ2v) is 4.84. The second kappa shape index (κ2) is 9.82. The van der Waals surface area contributed by atoms with E-state index in [0.29, 0.717) is 12.6 Å². The van der Waals surface area contributed by atoms with E-state index in [4.69, 9.17) is 9.84 Å². The Hall–Kier alpha value is -1.06. The van der Waals surface area contributed by atoms with Crippen LogP contribution in [-0.4, -0.2) is 24.9 Å². The highest BCUT2D eigenvalue weighted by Gasteiger charge is 2.04. The van der Waals surface area contributed by atoms with Crippen LogP contribution in [0.3, 0.4) is 0 Å². The lowest BCUT2D eigenvalue weighted by molar-refractivity contribution is 0.273. The number of hydrogen-bond donors (Lipinski definition) is 2. The van der Waals surface area contributed by atoms with E-state index >= 15 is 0 Å². The molecular formula is C16H27NO2. The van der Waals surface area contributed by atoms with Gasteiger partial charge in [0.25, 0.3) is 0 Å². The van der Waals surface area contributed by atoms with Gasteiger partial charge in [-0.25, -0.2) is 0 Å². The highest BCUT2D eigenvalue weighted by molar-refractivity contribution is 5.30. The van der Waals surface area contributed by atoms with Gasteiger partial charge in [0, 0.05) is 12.6 Å².